The number of benzene rings is 2. The monoisotopic (exact) mass is 346 g/mol. The molecule has 124 valence electrons. The van der Waals surface area contributed by atoms with Crippen molar-refractivity contribution in [2.45, 2.75) is 24.0 Å². The minimum absolute atomic E-state index is 0.154. The van der Waals surface area contributed by atoms with E-state index < -0.39 is 0 Å². The Balaban J connectivity index is 1.69. The van der Waals surface area contributed by atoms with Crippen LogP contribution in [0.25, 0.3) is 21.8 Å². The molecule has 0 aliphatic rings. The SMILES string of the molecule is Cc1[nH]c2ccccc2c1C(=O)C(C)Sc1ccnc2ccccc12. The number of para-hydroxylation sites is 2. The number of nitrogens with zero attached hydrogens (tertiary/aromatic N) is 1. The fourth-order valence-electron chi connectivity index (χ4n) is 3.21. The van der Waals surface area contributed by atoms with Crippen molar-refractivity contribution in [3.05, 3.63) is 72.1 Å². The Labute approximate surface area is 150 Å². The first kappa shape index (κ1) is 15.9. The zero-order valence-corrected chi connectivity index (χ0v) is 14.9. The molecule has 0 aliphatic heterocycles. The highest BCUT2D eigenvalue weighted by Gasteiger charge is 2.22. The molecule has 0 bridgehead atoms. The van der Waals surface area contributed by atoms with E-state index in [0.29, 0.717) is 0 Å². The summed E-state index contributed by atoms with van der Waals surface area (Å²) in [7, 11) is 0. The maximum absolute atomic E-state index is 13.1. The Bertz CT molecular complexity index is 1080. The number of pyridine rings is 1. The predicted octanol–water partition coefficient (Wildman–Crippen LogP) is 5.39. The summed E-state index contributed by atoms with van der Waals surface area (Å²) in [4.78, 5) is 21.9. The maximum atomic E-state index is 13.1. The highest BCUT2D eigenvalue weighted by Crippen LogP contribution is 2.33. The molecule has 0 fully saturated rings. The molecule has 3 nitrogen and oxygen atoms in total. The van der Waals surface area contributed by atoms with E-state index in [1.807, 2.05) is 62.4 Å². The lowest BCUT2D eigenvalue weighted by molar-refractivity contribution is 0.0995. The third kappa shape index (κ3) is 2.83. The summed E-state index contributed by atoms with van der Waals surface area (Å²) in [5.74, 6) is 0.154. The molecule has 0 saturated heterocycles. The minimum Gasteiger partial charge on any atom is -0.358 e. The van der Waals surface area contributed by atoms with Crippen LogP contribution in [0.5, 0.6) is 0 Å². The first-order valence-corrected chi connectivity index (χ1v) is 9.15. The second-order valence-electron chi connectivity index (χ2n) is 6.12. The average molecular weight is 346 g/mol. The molecule has 4 heteroatoms. The molecule has 0 amide bonds. The zero-order chi connectivity index (χ0) is 17.4. The van der Waals surface area contributed by atoms with Gasteiger partial charge < -0.3 is 4.98 Å². The van der Waals surface area contributed by atoms with E-state index >= 15 is 0 Å². The van der Waals surface area contributed by atoms with Gasteiger partial charge in [0.05, 0.1) is 10.8 Å². The topological polar surface area (TPSA) is 45.8 Å². The fourth-order valence-corrected chi connectivity index (χ4v) is 4.26. The van der Waals surface area contributed by atoms with E-state index in [-0.39, 0.29) is 11.0 Å². The van der Waals surface area contributed by atoms with Crippen LogP contribution < -0.4 is 0 Å². The summed E-state index contributed by atoms with van der Waals surface area (Å²) in [6, 6.07) is 18.0. The van der Waals surface area contributed by atoms with Gasteiger partial charge in [-0.15, -0.1) is 11.8 Å². The lowest BCUT2D eigenvalue weighted by atomic mass is 10.1. The van der Waals surface area contributed by atoms with Crippen molar-refractivity contribution in [1.29, 1.82) is 0 Å². The van der Waals surface area contributed by atoms with Gasteiger partial charge in [0.2, 0.25) is 0 Å². The second-order valence-corrected chi connectivity index (χ2v) is 7.50. The third-order valence-corrected chi connectivity index (χ3v) is 5.60. The summed E-state index contributed by atoms with van der Waals surface area (Å²) in [6.45, 7) is 3.94. The number of hydrogen-bond donors (Lipinski definition) is 1. The van der Waals surface area contributed by atoms with E-state index in [4.69, 9.17) is 0 Å². The number of carbonyl (C=O) groups is 1. The molecule has 1 N–H and O–H groups in total. The van der Waals surface area contributed by atoms with Gasteiger partial charge in [-0.05, 0) is 32.0 Å². The molecule has 0 saturated carbocycles. The van der Waals surface area contributed by atoms with Crippen molar-refractivity contribution in [1.82, 2.24) is 9.97 Å². The van der Waals surface area contributed by atoms with Gasteiger partial charge in [0.1, 0.15) is 0 Å². The molecule has 0 aliphatic carbocycles. The number of aromatic nitrogens is 2. The number of rotatable bonds is 4. The van der Waals surface area contributed by atoms with Gasteiger partial charge in [-0.25, -0.2) is 0 Å². The molecule has 0 radical (unpaired) electrons. The fraction of sp³-hybridized carbons (Fsp3) is 0.143. The Morgan fingerprint density at radius 2 is 1.76 bits per heavy atom. The van der Waals surface area contributed by atoms with Gasteiger partial charge in [-0.3, -0.25) is 9.78 Å². The van der Waals surface area contributed by atoms with Gasteiger partial charge in [0, 0.05) is 38.6 Å². The Morgan fingerprint density at radius 1 is 1.04 bits per heavy atom. The Morgan fingerprint density at radius 3 is 2.60 bits per heavy atom. The van der Waals surface area contributed by atoms with Crippen LogP contribution in [-0.2, 0) is 0 Å². The van der Waals surface area contributed by atoms with Crippen molar-refractivity contribution in [2.24, 2.45) is 0 Å². The van der Waals surface area contributed by atoms with E-state index in [1.54, 1.807) is 18.0 Å². The van der Waals surface area contributed by atoms with Crippen LogP contribution in [0, 0.1) is 6.92 Å². The summed E-state index contributed by atoms with van der Waals surface area (Å²) in [6.07, 6.45) is 1.80. The lowest BCUT2D eigenvalue weighted by Gasteiger charge is -2.12. The summed E-state index contributed by atoms with van der Waals surface area (Å²) >= 11 is 1.59. The number of hydrogen-bond acceptors (Lipinski definition) is 3. The molecule has 1 unspecified atom stereocenters. The van der Waals surface area contributed by atoms with Gasteiger partial charge >= 0.3 is 0 Å². The quantitative estimate of drug-likeness (QED) is 0.398. The summed E-state index contributed by atoms with van der Waals surface area (Å²) in [5.41, 5.74) is 3.69. The number of H-pyrrole nitrogens is 1. The van der Waals surface area contributed by atoms with Gasteiger partial charge in [0.15, 0.2) is 5.78 Å². The van der Waals surface area contributed by atoms with Gasteiger partial charge in [-0.2, -0.15) is 0 Å². The predicted molar refractivity (Wildman–Crippen MR) is 104 cm³/mol. The number of Topliss-reactive ketones (excluding diaryl/α,β-unsaturated/α-hetero) is 1. The smallest absolute Gasteiger partial charge is 0.178 e. The van der Waals surface area contributed by atoms with Crippen LogP contribution in [0.1, 0.15) is 23.0 Å². The third-order valence-electron chi connectivity index (χ3n) is 4.42. The molecule has 0 spiro atoms. The van der Waals surface area contributed by atoms with Crippen molar-refractivity contribution >= 4 is 39.4 Å². The Hall–Kier alpha value is -2.59. The van der Waals surface area contributed by atoms with Crippen LogP contribution in [0.3, 0.4) is 0 Å². The van der Waals surface area contributed by atoms with E-state index in [9.17, 15) is 4.79 Å². The number of aromatic amines is 1. The zero-order valence-electron chi connectivity index (χ0n) is 14.1. The molecule has 2 aromatic carbocycles. The second kappa shape index (κ2) is 6.37. The largest absolute Gasteiger partial charge is 0.358 e. The van der Waals surface area contributed by atoms with Crippen LogP contribution >= 0.6 is 11.8 Å². The number of thioether (sulfide) groups is 1. The van der Waals surface area contributed by atoms with Crippen molar-refractivity contribution in [3.63, 3.8) is 0 Å². The highest BCUT2D eigenvalue weighted by molar-refractivity contribution is 8.00. The van der Waals surface area contributed by atoms with Gasteiger partial charge in [0.25, 0.3) is 0 Å². The molecule has 25 heavy (non-hydrogen) atoms. The van der Waals surface area contributed by atoms with Crippen LogP contribution in [-0.4, -0.2) is 21.0 Å². The molecule has 4 rings (SSSR count). The van der Waals surface area contributed by atoms with Crippen molar-refractivity contribution in [3.8, 4) is 0 Å². The van der Waals surface area contributed by atoms with Crippen molar-refractivity contribution < 1.29 is 4.79 Å². The van der Waals surface area contributed by atoms with Crippen LogP contribution in [0.4, 0.5) is 0 Å². The van der Waals surface area contributed by atoms with Gasteiger partial charge in [-0.1, -0.05) is 36.4 Å². The summed E-state index contributed by atoms with van der Waals surface area (Å²) < 4.78 is 0. The molecule has 4 aromatic rings. The van der Waals surface area contributed by atoms with E-state index in [2.05, 4.69) is 16.0 Å². The van der Waals surface area contributed by atoms with Crippen molar-refractivity contribution in [2.75, 3.05) is 0 Å². The number of fused-ring (bicyclic) bond motifs is 2. The van der Waals surface area contributed by atoms with Crippen LogP contribution in [0.2, 0.25) is 0 Å². The number of aryl methyl sites for hydroxylation is 1. The molecular weight excluding hydrogens is 328 g/mol. The number of ketones is 1. The average Bonchev–Trinajstić information content (AvgIpc) is 2.97. The molecule has 2 aromatic heterocycles. The van der Waals surface area contributed by atoms with E-state index in [1.165, 1.54) is 0 Å². The molecular formula is C21H18N2OS. The number of carbonyl (C=O) groups excluding carboxylic acids is 1. The lowest BCUT2D eigenvalue weighted by Crippen LogP contribution is -2.14. The normalized spacial score (nSPS) is 12.6. The Kier molecular flexibility index (Phi) is 4.06. The molecule has 1 atom stereocenters. The van der Waals surface area contributed by atoms with E-state index in [0.717, 1.165) is 38.0 Å². The maximum Gasteiger partial charge on any atom is 0.178 e. The number of nitrogens with one attached hydrogen (secondary N) is 1. The molecule has 2 heterocycles. The summed E-state index contributed by atoms with van der Waals surface area (Å²) in [5, 5.41) is 1.91. The first-order chi connectivity index (χ1) is 12.1. The minimum atomic E-state index is -0.177. The highest BCUT2D eigenvalue weighted by atomic mass is 32.2. The first-order valence-electron chi connectivity index (χ1n) is 8.27. The standard InChI is InChI=1S/C21H18N2OS/c1-13-20(16-8-4-6-10-18(16)23-13)21(24)14(2)25-19-11-12-22-17-9-5-3-7-15(17)19/h3-12,14,23H,1-2H3. The van der Waals surface area contributed by atoms with Crippen LogP contribution in [0.15, 0.2) is 65.7 Å².